The third-order valence-electron chi connectivity index (χ3n) is 3.47. The molecule has 0 atom stereocenters. The van der Waals surface area contributed by atoms with Crippen LogP contribution in [0.3, 0.4) is 0 Å². The van der Waals surface area contributed by atoms with Crippen LogP contribution in [0, 0.1) is 0 Å². The SMILES string of the molecule is C=C(C)C(=O)CCCCOc1cc(C(=O)OCC)cc(C(=O)OCC)c1. The lowest BCUT2D eigenvalue weighted by atomic mass is 10.1. The molecule has 0 aliphatic heterocycles. The number of hydrogen-bond acceptors (Lipinski definition) is 6. The number of benzene rings is 1. The molecule has 6 nitrogen and oxygen atoms in total. The predicted molar refractivity (Wildman–Crippen MR) is 97.5 cm³/mol. The van der Waals surface area contributed by atoms with Crippen LogP contribution in [0.4, 0.5) is 0 Å². The van der Waals surface area contributed by atoms with Gasteiger partial charge >= 0.3 is 11.9 Å². The van der Waals surface area contributed by atoms with Gasteiger partial charge in [-0.05, 0) is 57.4 Å². The summed E-state index contributed by atoms with van der Waals surface area (Å²) in [6.45, 7) is 9.54. The Hall–Kier alpha value is -2.63. The molecule has 1 aromatic carbocycles. The summed E-state index contributed by atoms with van der Waals surface area (Å²) in [5.74, 6) is -0.644. The summed E-state index contributed by atoms with van der Waals surface area (Å²) in [6.07, 6.45) is 1.76. The van der Waals surface area contributed by atoms with Gasteiger partial charge < -0.3 is 14.2 Å². The number of Topliss-reactive ketones (excluding diaryl/α,β-unsaturated/α-hetero) is 1. The highest BCUT2D eigenvalue weighted by molar-refractivity contribution is 5.96. The van der Waals surface area contributed by atoms with Gasteiger partial charge in [0.15, 0.2) is 5.78 Å². The summed E-state index contributed by atoms with van der Waals surface area (Å²) in [6, 6.07) is 4.48. The van der Waals surface area contributed by atoms with Crippen molar-refractivity contribution in [1.29, 1.82) is 0 Å². The highest BCUT2D eigenvalue weighted by Crippen LogP contribution is 2.20. The second-order valence-corrected chi connectivity index (χ2v) is 5.70. The number of carbonyl (C=O) groups is 3. The Balaban J connectivity index is 2.75. The summed E-state index contributed by atoms with van der Waals surface area (Å²) in [4.78, 5) is 35.4. The van der Waals surface area contributed by atoms with Gasteiger partial charge in [-0.2, -0.15) is 0 Å². The maximum atomic E-state index is 12.0. The highest BCUT2D eigenvalue weighted by Gasteiger charge is 2.15. The van der Waals surface area contributed by atoms with E-state index < -0.39 is 11.9 Å². The summed E-state index contributed by atoms with van der Waals surface area (Å²) in [5, 5.41) is 0. The predicted octanol–water partition coefficient (Wildman–Crippen LogP) is 3.73. The van der Waals surface area contributed by atoms with Crippen LogP contribution in [0.1, 0.15) is 60.7 Å². The molecule has 0 saturated heterocycles. The lowest BCUT2D eigenvalue weighted by Crippen LogP contribution is -2.10. The molecule has 0 saturated carbocycles. The molecule has 1 rings (SSSR count). The minimum Gasteiger partial charge on any atom is -0.494 e. The zero-order valence-corrected chi connectivity index (χ0v) is 15.6. The second kappa shape index (κ2) is 11.1. The second-order valence-electron chi connectivity index (χ2n) is 5.70. The van der Waals surface area contributed by atoms with Crippen LogP contribution in [0.15, 0.2) is 30.4 Å². The molecule has 1 aromatic rings. The molecule has 0 unspecified atom stereocenters. The van der Waals surface area contributed by atoms with Crippen molar-refractivity contribution in [3.05, 3.63) is 41.5 Å². The molecule has 0 radical (unpaired) electrons. The molecule has 0 bridgehead atoms. The summed E-state index contributed by atoms with van der Waals surface area (Å²) in [5.41, 5.74) is 1.00. The maximum Gasteiger partial charge on any atom is 0.338 e. The number of ketones is 1. The monoisotopic (exact) mass is 362 g/mol. The summed E-state index contributed by atoms with van der Waals surface area (Å²) in [7, 11) is 0. The maximum absolute atomic E-state index is 12.0. The molecule has 0 N–H and O–H groups in total. The first-order valence-corrected chi connectivity index (χ1v) is 8.69. The quantitative estimate of drug-likeness (QED) is 0.339. The molecule has 26 heavy (non-hydrogen) atoms. The first kappa shape index (κ1) is 21.4. The van der Waals surface area contributed by atoms with Crippen molar-refractivity contribution < 1.29 is 28.6 Å². The Labute approximate surface area is 154 Å². The fourth-order valence-electron chi connectivity index (χ4n) is 2.14. The van der Waals surface area contributed by atoms with Crippen molar-refractivity contribution in [3.63, 3.8) is 0 Å². The average Bonchev–Trinajstić information content (AvgIpc) is 2.61. The summed E-state index contributed by atoms with van der Waals surface area (Å²) >= 11 is 0. The zero-order valence-electron chi connectivity index (χ0n) is 15.6. The lowest BCUT2D eigenvalue weighted by molar-refractivity contribution is -0.115. The normalized spacial score (nSPS) is 10.1. The van der Waals surface area contributed by atoms with Crippen LogP contribution in [0.2, 0.25) is 0 Å². The number of unbranched alkanes of at least 4 members (excludes halogenated alkanes) is 1. The number of allylic oxidation sites excluding steroid dienone is 1. The number of hydrogen-bond donors (Lipinski definition) is 0. The van der Waals surface area contributed by atoms with Crippen molar-refractivity contribution in [1.82, 2.24) is 0 Å². The molecule has 0 heterocycles. The molecule has 0 amide bonds. The van der Waals surface area contributed by atoms with Crippen molar-refractivity contribution in [2.75, 3.05) is 19.8 Å². The number of carbonyl (C=O) groups excluding carboxylic acids is 3. The first-order chi connectivity index (χ1) is 12.4. The van der Waals surface area contributed by atoms with Crippen LogP contribution >= 0.6 is 0 Å². The van der Waals surface area contributed by atoms with Gasteiger partial charge in [0.25, 0.3) is 0 Å². The molecule has 0 fully saturated rings. The van der Waals surface area contributed by atoms with Crippen molar-refractivity contribution in [2.45, 2.75) is 40.0 Å². The van der Waals surface area contributed by atoms with Gasteiger partial charge in [-0.15, -0.1) is 0 Å². The fourth-order valence-corrected chi connectivity index (χ4v) is 2.14. The largest absolute Gasteiger partial charge is 0.494 e. The van der Waals surface area contributed by atoms with Gasteiger partial charge in [-0.3, -0.25) is 4.79 Å². The minimum atomic E-state index is -0.532. The molecule has 0 aromatic heterocycles. The van der Waals surface area contributed by atoms with E-state index >= 15 is 0 Å². The van der Waals surface area contributed by atoms with Crippen molar-refractivity contribution >= 4 is 17.7 Å². The molecule has 0 aliphatic carbocycles. The summed E-state index contributed by atoms with van der Waals surface area (Å²) < 4.78 is 15.6. The van der Waals surface area contributed by atoms with Gasteiger partial charge in [-0.1, -0.05) is 6.58 Å². The molecule has 6 heteroatoms. The fraction of sp³-hybridized carbons (Fsp3) is 0.450. The van der Waals surface area contributed by atoms with Gasteiger partial charge in [0.1, 0.15) is 5.75 Å². The van der Waals surface area contributed by atoms with E-state index in [4.69, 9.17) is 14.2 Å². The van der Waals surface area contributed by atoms with E-state index in [1.807, 2.05) is 0 Å². The van der Waals surface area contributed by atoms with E-state index in [1.165, 1.54) is 18.2 Å². The van der Waals surface area contributed by atoms with Gasteiger partial charge in [0, 0.05) is 6.42 Å². The highest BCUT2D eigenvalue weighted by atomic mass is 16.5. The molecule has 142 valence electrons. The zero-order chi connectivity index (χ0) is 19.5. The molecule has 0 spiro atoms. The third kappa shape index (κ3) is 7.09. The average molecular weight is 362 g/mol. The topological polar surface area (TPSA) is 78.9 Å². The van der Waals surface area contributed by atoms with Gasteiger partial charge in [0.05, 0.1) is 30.9 Å². The first-order valence-electron chi connectivity index (χ1n) is 8.69. The van der Waals surface area contributed by atoms with E-state index in [0.717, 1.165) is 0 Å². The third-order valence-corrected chi connectivity index (χ3v) is 3.47. The molecule has 0 aliphatic rings. The van der Waals surface area contributed by atoms with E-state index in [1.54, 1.807) is 20.8 Å². The Morgan fingerprint density at radius 1 is 0.923 bits per heavy atom. The van der Waals surface area contributed by atoms with Crippen LogP contribution in [0.5, 0.6) is 5.75 Å². The van der Waals surface area contributed by atoms with Crippen LogP contribution < -0.4 is 4.74 Å². The van der Waals surface area contributed by atoms with Gasteiger partial charge in [0.2, 0.25) is 0 Å². The van der Waals surface area contributed by atoms with E-state index in [2.05, 4.69) is 6.58 Å². The number of ether oxygens (including phenoxy) is 3. The standard InChI is InChI=1S/C20H26O6/c1-5-24-19(22)15-11-16(20(23)25-6-2)13-17(12-15)26-10-8-7-9-18(21)14(3)4/h11-13H,3,5-10H2,1-2,4H3. The smallest absolute Gasteiger partial charge is 0.338 e. The number of rotatable bonds is 11. The van der Waals surface area contributed by atoms with Gasteiger partial charge in [-0.25, -0.2) is 9.59 Å². The van der Waals surface area contributed by atoms with E-state index in [-0.39, 0.29) is 30.1 Å². The Morgan fingerprint density at radius 3 is 1.92 bits per heavy atom. The Kier molecular flexibility index (Phi) is 9.12. The Morgan fingerprint density at radius 2 is 1.46 bits per heavy atom. The van der Waals surface area contributed by atoms with Crippen molar-refractivity contribution in [3.8, 4) is 5.75 Å². The lowest BCUT2D eigenvalue weighted by Gasteiger charge is -2.11. The van der Waals surface area contributed by atoms with Crippen molar-refractivity contribution in [2.24, 2.45) is 0 Å². The van der Waals surface area contributed by atoms with Crippen LogP contribution in [-0.4, -0.2) is 37.5 Å². The van der Waals surface area contributed by atoms with E-state index in [0.29, 0.717) is 37.2 Å². The number of esters is 2. The molecular weight excluding hydrogens is 336 g/mol. The van der Waals surface area contributed by atoms with Crippen LogP contribution in [-0.2, 0) is 14.3 Å². The molecular formula is C20H26O6. The Bertz CT molecular complexity index is 626. The van der Waals surface area contributed by atoms with Crippen LogP contribution in [0.25, 0.3) is 0 Å². The van der Waals surface area contributed by atoms with E-state index in [9.17, 15) is 14.4 Å². The minimum absolute atomic E-state index is 0.0407.